The molecule has 3 heterocycles. The molecule has 10 atom stereocenters. The van der Waals surface area contributed by atoms with Gasteiger partial charge in [0.15, 0.2) is 0 Å². The third-order valence-corrected chi connectivity index (χ3v) is 13.2. The van der Waals surface area contributed by atoms with Gasteiger partial charge >= 0.3 is 5.97 Å². The van der Waals surface area contributed by atoms with Gasteiger partial charge in [-0.05, 0) is 56.2 Å². The smallest absolute Gasteiger partial charge is 0.370 e. The predicted octanol–water partition coefficient (Wildman–Crippen LogP) is 4.80. The Bertz CT molecular complexity index is 2370. The van der Waals surface area contributed by atoms with Crippen LogP contribution in [0.3, 0.4) is 0 Å². The quantitative estimate of drug-likeness (QED) is 0.0337. The number of carbonyl (C=O) groups is 3. The zero-order valence-corrected chi connectivity index (χ0v) is 38.8. The number of aromatic nitrogens is 6. The van der Waals surface area contributed by atoms with E-state index in [1.165, 1.54) is 10.8 Å². The first-order valence-electron chi connectivity index (χ1n) is 23.6. The molecule has 4 aromatic rings. The fourth-order valence-electron chi connectivity index (χ4n) is 9.19. The Hall–Kier alpha value is -5.83. The number of aliphatic hydroxyl groups is 6. The van der Waals surface area contributed by atoms with Gasteiger partial charge in [0.2, 0.25) is 17.6 Å². The lowest BCUT2D eigenvalue weighted by atomic mass is 9.74. The number of amides is 2. The molecular formula is C49H66N8O11. The Morgan fingerprint density at radius 3 is 1.62 bits per heavy atom. The minimum atomic E-state index is -1.56. The van der Waals surface area contributed by atoms with E-state index in [1.807, 2.05) is 44.3 Å². The summed E-state index contributed by atoms with van der Waals surface area (Å²) < 4.78 is 8.69. The number of aliphatic carboxylic acids is 1. The zero-order valence-electron chi connectivity index (χ0n) is 38.8. The number of carboxylic acids is 1. The van der Waals surface area contributed by atoms with Crippen LogP contribution in [0, 0.1) is 17.8 Å². The van der Waals surface area contributed by atoms with E-state index >= 15 is 0 Å². The van der Waals surface area contributed by atoms with E-state index in [2.05, 4.69) is 37.3 Å². The number of nitrogens with zero attached hydrogens (tertiary/aromatic N) is 6. The van der Waals surface area contributed by atoms with Gasteiger partial charge in [-0.15, -0.1) is 10.2 Å². The first kappa shape index (κ1) is 51.6. The maximum atomic E-state index is 13.0. The molecule has 0 fully saturated rings. The summed E-state index contributed by atoms with van der Waals surface area (Å²) in [4.78, 5) is 37.9. The van der Waals surface area contributed by atoms with Crippen molar-refractivity contribution in [1.82, 2.24) is 30.0 Å². The van der Waals surface area contributed by atoms with Crippen LogP contribution in [0.5, 0.6) is 0 Å². The molecule has 0 bridgehead atoms. The van der Waals surface area contributed by atoms with Crippen molar-refractivity contribution in [3.05, 3.63) is 84.4 Å². The molecule has 2 aliphatic rings. The molecule has 368 valence electrons. The molecule has 1 aliphatic heterocycles. The number of carbonyl (C=O) groups excluding carboxylic acids is 2. The molecule has 9 N–H and O–H groups in total. The SMILES string of the molecule is CC1=C[C@H](n2cc(-c3ccccc3NC(=O)CCCCCCCCCCC(=O)Nc3ccccc3-c3cn([C@H]4C=C(C(=O)O)O[C@@H]([C@H](O)[C@H](O)CO)[C@@H]4C)nn3)nn2)[C@@H](C)[C@H]([C@H](O)[C@H](O)CO)C1. The monoisotopic (exact) mass is 942 g/mol. The van der Waals surface area contributed by atoms with Gasteiger partial charge in [-0.25, -0.2) is 14.2 Å². The van der Waals surface area contributed by atoms with Crippen LogP contribution < -0.4 is 10.6 Å². The van der Waals surface area contributed by atoms with E-state index in [-0.39, 0.29) is 29.7 Å². The fourth-order valence-corrected chi connectivity index (χ4v) is 9.19. The summed E-state index contributed by atoms with van der Waals surface area (Å²) in [5.74, 6) is -2.96. The van der Waals surface area contributed by atoms with Crippen LogP contribution in [0.25, 0.3) is 22.5 Å². The van der Waals surface area contributed by atoms with Gasteiger partial charge in [0.25, 0.3) is 0 Å². The molecule has 0 saturated carbocycles. The van der Waals surface area contributed by atoms with Crippen molar-refractivity contribution in [3.8, 4) is 22.5 Å². The average Bonchev–Trinajstić information content (AvgIpc) is 4.03. The molecule has 68 heavy (non-hydrogen) atoms. The third kappa shape index (κ3) is 13.0. The average molecular weight is 943 g/mol. The molecule has 2 aromatic carbocycles. The van der Waals surface area contributed by atoms with Gasteiger partial charge in [0.05, 0.1) is 55.2 Å². The largest absolute Gasteiger partial charge is 0.480 e. The first-order valence-corrected chi connectivity index (χ1v) is 23.6. The molecule has 0 radical (unpaired) electrons. The number of hydrogen-bond donors (Lipinski definition) is 9. The van der Waals surface area contributed by atoms with E-state index in [0.29, 0.717) is 47.6 Å². The molecule has 6 rings (SSSR count). The fraction of sp³-hybridized carbons (Fsp3) is 0.531. The van der Waals surface area contributed by atoms with Gasteiger partial charge in [-0.2, -0.15) is 0 Å². The summed E-state index contributed by atoms with van der Waals surface area (Å²) in [6.45, 7) is 4.42. The molecular weight excluding hydrogens is 877 g/mol. The number of ether oxygens (including phenoxy) is 1. The highest BCUT2D eigenvalue weighted by atomic mass is 16.5. The molecule has 0 spiro atoms. The predicted molar refractivity (Wildman–Crippen MR) is 251 cm³/mol. The first-order chi connectivity index (χ1) is 32.7. The van der Waals surface area contributed by atoms with Crippen LogP contribution in [0.2, 0.25) is 0 Å². The standard InChI is InChI=1S/C49H66N8O11/c1-29-22-34(46(64)41(60)27-58)30(2)39(23-29)56-25-37(52-54-56)32-16-12-14-18-35(32)50-44(62)20-10-8-6-4-5-7-9-11-21-45(63)51-36-19-15-13-17-33(36)38-26-57(55-53-38)40-24-43(49(66)67)68-48(31(40)3)47(65)42(61)28-59/h12-19,23-26,30-31,34,39-42,46-48,58-61,64-65H,4-11,20-22,27-28H2,1-3H3,(H,50,62)(H,51,63)(H,66,67)/t30-,31+,34+,39-,40-,41+,42+,46-,47+,48+/m0/s1. The van der Waals surface area contributed by atoms with Crippen molar-refractivity contribution >= 4 is 29.2 Å². The Kier molecular flexibility index (Phi) is 18.5. The maximum Gasteiger partial charge on any atom is 0.370 e. The number of anilines is 2. The Morgan fingerprint density at radius 1 is 0.676 bits per heavy atom. The van der Waals surface area contributed by atoms with Gasteiger partial charge < -0.3 is 51.1 Å². The Balaban J connectivity index is 0.893. The van der Waals surface area contributed by atoms with Gasteiger partial charge in [-0.1, -0.05) is 111 Å². The number of unbranched alkanes of at least 4 members (excludes halogenated alkanes) is 7. The maximum absolute atomic E-state index is 13.0. The van der Waals surface area contributed by atoms with E-state index in [4.69, 9.17) is 4.74 Å². The molecule has 2 amide bonds. The van der Waals surface area contributed by atoms with E-state index in [1.54, 1.807) is 42.1 Å². The van der Waals surface area contributed by atoms with Gasteiger partial charge in [0, 0.05) is 29.9 Å². The van der Waals surface area contributed by atoms with Crippen LogP contribution in [0.1, 0.15) is 103 Å². The number of nitrogens with one attached hydrogen (secondary N) is 2. The summed E-state index contributed by atoms with van der Waals surface area (Å²) in [5, 5.41) is 93.3. The van der Waals surface area contributed by atoms with Crippen molar-refractivity contribution in [1.29, 1.82) is 0 Å². The highest BCUT2D eigenvalue weighted by Crippen LogP contribution is 2.40. The lowest BCUT2D eigenvalue weighted by Crippen LogP contribution is -2.48. The van der Waals surface area contributed by atoms with Crippen LogP contribution in [0.4, 0.5) is 11.4 Å². The van der Waals surface area contributed by atoms with Crippen molar-refractivity contribution in [2.45, 2.75) is 134 Å². The van der Waals surface area contributed by atoms with Crippen LogP contribution in [0.15, 0.2) is 84.4 Å². The number of carboxylic acid groups (broad SMARTS) is 1. The Morgan fingerprint density at radius 2 is 1.13 bits per heavy atom. The number of para-hydroxylation sites is 2. The van der Waals surface area contributed by atoms with Gasteiger partial charge in [-0.3, -0.25) is 9.59 Å². The summed E-state index contributed by atoms with van der Waals surface area (Å²) in [7, 11) is 0. The number of aliphatic hydroxyl groups excluding tert-OH is 6. The normalized spacial score (nSPS) is 22.2. The minimum Gasteiger partial charge on any atom is -0.480 e. The second-order valence-electron chi connectivity index (χ2n) is 18.2. The van der Waals surface area contributed by atoms with Gasteiger partial charge in [0.1, 0.15) is 35.8 Å². The molecule has 0 saturated heterocycles. The zero-order chi connectivity index (χ0) is 48.9. The van der Waals surface area contributed by atoms with Crippen molar-refractivity contribution in [3.63, 3.8) is 0 Å². The summed E-state index contributed by atoms with van der Waals surface area (Å²) in [6.07, 6.45) is 8.98. The summed E-state index contributed by atoms with van der Waals surface area (Å²) in [5.41, 5.74) is 4.61. The molecule has 0 unspecified atom stereocenters. The van der Waals surface area contributed by atoms with E-state index in [0.717, 1.165) is 62.5 Å². The van der Waals surface area contributed by atoms with E-state index in [9.17, 15) is 50.1 Å². The lowest BCUT2D eigenvalue weighted by molar-refractivity contribution is -0.148. The number of rotatable bonds is 24. The molecule has 2 aromatic heterocycles. The number of allylic oxidation sites excluding steroid dienone is 3. The van der Waals surface area contributed by atoms with E-state index < -0.39 is 67.4 Å². The lowest BCUT2D eigenvalue weighted by Gasteiger charge is -2.38. The van der Waals surface area contributed by atoms with Crippen molar-refractivity contribution < 1.29 is 54.9 Å². The van der Waals surface area contributed by atoms with Crippen LogP contribution in [-0.2, 0) is 19.1 Å². The third-order valence-electron chi connectivity index (χ3n) is 13.2. The van der Waals surface area contributed by atoms with Crippen LogP contribution >= 0.6 is 0 Å². The number of benzene rings is 2. The van der Waals surface area contributed by atoms with Crippen molar-refractivity contribution in [2.24, 2.45) is 17.8 Å². The minimum absolute atomic E-state index is 0.0818. The van der Waals surface area contributed by atoms with Crippen molar-refractivity contribution in [2.75, 3.05) is 23.8 Å². The molecule has 19 heteroatoms. The second-order valence-corrected chi connectivity index (χ2v) is 18.2. The molecule has 1 aliphatic carbocycles. The molecule has 19 nitrogen and oxygen atoms in total. The summed E-state index contributed by atoms with van der Waals surface area (Å²) in [6, 6.07) is 13.7. The summed E-state index contributed by atoms with van der Waals surface area (Å²) >= 11 is 0. The highest BCUT2D eigenvalue weighted by Gasteiger charge is 2.42. The van der Waals surface area contributed by atoms with Crippen LogP contribution in [-0.4, -0.2) is 127 Å². The second kappa shape index (κ2) is 24.5. The highest BCUT2D eigenvalue weighted by molar-refractivity contribution is 5.95. The Labute approximate surface area is 395 Å². The number of hydrogen-bond acceptors (Lipinski definition) is 14. The topological polar surface area (TPSA) is 288 Å².